The summed E-state index contributed by atoms with van der Waals surface area (Å²) in [5.41, 5.74) is 0.106. The van der Waals surface area contributed by atoms with Gasteiger partial charge in [-0.3, -0.25) is 4.55 Å². The van der Waals surface area contributed by atoms with Gasteiger partial charge in [0.1, 0.15) is 11.3 Å². The third-order valence-electron chi connectivity index (χ3n) is 4.34. The molecular weight excluding hydrogens is 506 g/mol. The van der Waals surface area contributed by atoms with E-state index in [-0.39, 0.29) is 40.9 Å². The molecule has 0 bridgehead atoms. The Balaban J connectivity index is 2.60. The van der Waals surface area contributed by atoms with Gasteiger partial charge in [-0.1, -0.05) is 0 Å². The zero-order valence-electron chi connectivity index (χ0n) is 20.2. The molecule has 13 nitrogen and oxygen atoms in total. The third kappa shape index (κ3) is 7.59. The molecular formula is C20H28ClN5O8S. The number of halogens is 1. The van der Waals surface area contributed by atoms with E-state index < -0.39 is 34.0 Å². The maximum Gasteiger partial charge on any atom is 0.426 e. The monoisotopic (exact) mass is 533 g/mol. The second-order valence-electron chi connectivity index (χ2n) is 8.36. The summed E-state index contributed by atoms with van der Waals surface area (Å²) in [7, 11) is -3.81. The summed E-state index contributed by atoms with van der Waals surface area (Å²) >= 11 is 5.91. The molecule has 1 atom stereocenters. The van der Waals surface area contributed by atoms with Gasteiger partial charge in [-0.15, -0.1) is 0 Å². The van der Waals surface area contributed by atoms with Crippen molar-refractivity contribution in [3.8, 4) is 11.4 Å². The van der Waals surface area contributed by atoms with Gasteiger partial charge in [0, 0.05) is 26.0 Å². The molecule has 0 spiro atoms. The first-order valence-corrected chi connectivity index (χ1v) is 12.2. The minimum atomic E-state index is -5.09. The normalized spacial score (nSPS) is 12.8. The maximum atomic E-state index is 12.7. The first-order valence-electron chi connectivity index (χ1n) is 10.4. The Bertz CT molecular complexity index is 1180. The zero-order valence-corrected chi connectivity index (χ0v) is 21.8. The van der Waals surface area contributed by atoms with Crippen LogP contribution in [0.1, 0.15) is 43.9 Å². The molecule has 0 fully saturated rings. The van der Waals surface area contributed by atoms with Crippen molar-refractivity contribution in [2.24, 2.45) is 0 Å². The number of aromatic nitrogens is 4. The fraction of sp³-hybridized carbons (Fsp3) is 0.550. The minimum Gasteiger partial charge on any atom is -0.460 e. The lowest BCUT2D eigenvalue weighted by Crippen LogP contribution is -2.50. The number of imidazole rings is 1. The van der Waals surface area contributed by atoms with Crippen molar-refractivity contribution < 1.29 is 36.8 Å². The highest BCUT2D eigenvalue weighted by molar-refractivity contribution is 7.84. The molecule has 1 unspecified atom stereocenters. The average molecular weight is 534 g/mol. The lowest BCUT2D eigenvalue weighted by Gasteiger charge is -2.30. The Morgan fingerprint density at radius 2 is 1.94 bits per heavy atom. The molecule has 2 aromatic heterocycles. The van der Waals surface area contributed by atoms with Gasteiger partial charge in [-0.25, -0.2) is 24.5 Å². The van der Waals surface area contributed by atoms with Crippen LogP contribution in [0.4, 0.5) is 4.79 Å². The molecule has 2 rings (SSSR count). The van der Waals surface area contributed by atoms with Crippen LogP contribution in [0.5, 0.6) is 0 Å². The van der Waals surface area contributed by atoms with E-state index in [1.54, 1.807) is 13.8 Å². The van der Waals surface area contributed by atoms with Crippen molar-refractivity contribution in [2.45, 2.75) is 52.8 Å². The second kappa shape index (κ2) is 11.3. The Labute approximate surface area is 208 Å². The van der Waals surface area contributed by atoms with E-state index in [9.17, 15) is 22.6 Å². The Hall–Kier alpha value is -2.81. The molecule has 0 saturated carbocycles. The van der Waals surface area contributed by atoms with E-state index in [0.717, 1.165) is 0 Å². The molecule has 35 heavy (non-hydrogen) atoms. The Kier molecular flexibility index (Phi) is 9.17. The van der Waals surface area contributed by atoms with Crippen molar-refractivity contribution in [3.05, 3.63) is 29.1 Å². The molecule has 0 aliphatic rings. The molecule has 194 valence electrons. The highest BCUT2D eigenvalue weighted by Crippen LogP contribution is 2.24. The highest BCUT2D eigenvalue weighted by atomic mass is 35.5. The fourth-order valence-corrected chi connectivity index (χ4v) is 3.92. The summed E-state index contributed by atoms with van der Waals surface area (Å²) in [6.45, 7) is 7.30. The summed E-state index contributed by atoms with van der Waals surface area (Å²) in [6.07, 6.45) is 1.57. The molecule has 2 aromatic rings. The minimum absolute atomic E-state index is 0.0439. The van der Waals surface area contributed by atoms with Crippen LogP contribution in [0.25, 0.3) is 11.4 Å². The Morgan fingerprint density at radius 3 is 2.49 bits per heavy atom. The molecule has 0 aliphatic carbocycles. The largest absolute Gasteiger partial charge is 0.460 e. The van der Waals surface area contributed by atoms with E-state index in [2.05, 4.69) is 15.0 Å². The van der Waals surface area contributed by atoms with E-state index in [1.165, 1.54) is 44.8 Å². The predicted molar refractivity (Wildman–Crippen MR) is 124 cm³/mol. The maximum absolute atomic E-state index is 12.7. The van der Waals surface area contributed by atoms with Crippen molar-refractivity contribution in [2.75, 3.05) is 20.3 Å². The van der Waals surface area contributed by atoms with E-state index >= 15 is 0 Å². The lowest BCUT2D eigenvalue weighted by atomic mass is 10.2. The number of methoxy groups -OCH3 is 1. The number of hydrogen-bond acceptors (Lipinski definition) is 10. The van der Waals surface area contributed by atoms with E-state index in [1.807, 2.05) is 0 Å². The van der Waals surface area contributed by atoms with Gasteiger partial charge in [0.25, 0.3) is 0 Å². The predicted octanol–water partition coefficient (Wildman–Crippen LogP) is 2.53. The number of amides is 1. The van der Waals surface area contributed by atoms with Gasteiger partial charge in [0.2, 0.25) is 11.1 Å². The van der Waals surface area contributed by atoms with Crippen LogP contribution in [0.2, 0.25) is 5.28 Å². The van der Waals surface area contributed by atoms with Gasteiger partial charge in [-0.05, 0) is 51.8 Å². The summed E-state index contributed by atoms with van der Waals surface area (Å²) in [5.74, 6) is -1.00. The molecule has 0 aromatic carbocycles. The van der Waals surface area contributed by atoms with Gasteiger partial charge in [-0.2, -0.15) is 12.7 Å². The molecule has 2 heterocycles. The van der Waals surface area contributed by atoms with Crippen molar-refractivity contribution >= 4 is 34.0 Å². The number of carbonyl (C=O) groups is 2. The van der Waals surface area contributed by atoms with Crippen LogP contribution in [0, 0.1) is 6.92 Å². The smallest absolute Gasteiger partial charge is 0.426 e. The number of aryl methyl sites for hydroxylation is 1. The van der Waals surface area contributed by atoms with Crippen LogP contribution in [-0.2, 0) is 31.1 Å². The quantitative estimate of drug-likeness (QED) is 0.286. The summed E-state index contributed by atoms with van der Waals surface area (Å²) in [6, 6.07) is -1.32. The summed E-state index contributed by atoms with van der Waals surface area (Å²) < 4.78 is 50.9. The van der Waals surface area contributed by atoms with Gasteiger partial charge >= 0.3 is 22.4 Å². The fourth-order valence-electron chi connectivity index (χ4n) is 3.06. The number of esters is 1. The zero-order chi connectivity index (χ0) is 26.6. The van der Waals surface area contributed by atoms with Crippen LogP contribution in [0.15, 0.2) is 12.4 Å². The molecule has 1 amide bonds. The number of nitrogens with zero attached hydrogens (tertiary/aromatic N) is 5. The molecule has 1 N–H and O–H groups in total. The molecule has 0 saturated heterocycles. The topological polar surface area (TPSA) is 163 Å². The van der Waals surface area contributed by atoms with Crippen molar-refractivity contribution in [1.29, 1.82) is 0 Å². The van der Waals surface area contributed by atoms with Crippen molar-refractivity contribution in [3.63, 3.8) is 0 Å². The number of rotatable bonds is 9. The summed E-state index contributed by atoms with van der Waals surface area (Å²) in [4.78, 5) is 37.6. The Morgan fingerprint density at radius 1 is 1.29 bits per heavy atom. The molecule has 0 aliphatic heterocycles. The van der Waals surface area contributed by atoms with Crippen LogP contribution in [0.3, 0.4) is 0 Å². The standard InChI is InChI=1S/C20H28ClN5O8S/c1-7-33-17(27)16-23-14(15-12(2)8-22-18(21)24-15)10-25(16)9-13(11-32-6)26(35(29,30)31)19(28)34-20(3,4)5/h8,10,13H,7,9,11H2,1-6H3,(H,29,30,31). The molecule has 15 heteroatoms. The van der Waals surface area contributed by atoms with Gasteiger partial charge < -0.3 is 18.8 Å². The van der Waals surface area contributed by atoms with Crippen LogP contribution in [-0.4, -0.2) is 80.8 Å². The summed E-state index contributed by atoms with van der Waals surface area (Å²) in [5, 5.41) is -0.0439. The number of hydrogen-bond donors (Lipinski definition) is 1. The first-order chi connectivity index (χ1) is 16.2. The van der Waals surface area contributed by atoms with Crippen LogP contribution < -0.4 is 0 Å². The van der Waals surface area contributed by atoms with Crippen LogP contribution >= 0.6 is 11.6 Å². The highest BCUT2D eigenvalue weighted by Gasteiger charge is 2.38. The number of carbonyl (C=O) groups excluding carboxylic acids is 2. The van der Waals surface area contributed by atoms with E-state index in [0.29, 0.717) is 11.3 Å². The van der Waals surface area contributed by atoms with Crippen molar-refractivity contribution in [1.82, 2.24) is 23.8 Å². The number of ether oxygens (including phenoxy) is 3. The van der Waals surface area contributed by atoms with E-state index in [4.69, 9.17) is 25.8 Å². The SMILES string of the molecule is CCOC(=O)c1nc(-c2nc(Cl)ncc2C)cn1CC(COC)N(C(=O)OC(C)(C)C)S(=O)(=O)O. The van der Waals surface area contributed by atoms with Gasteiger partial charge in [0.15, 0.2) is 0 Å². The first kappa shape index (κ1) is 28.4. The third-order valence-corrected chi connectivity index (χ3v) is 5.47. The average Bonchev–Trinajstić information content (AvgIpc) is 3.11. The lowest BCUT2D eigenvalue weighted by molar-refractivity contribution is 0.0231. The second-order valence-corrected chi connectivity index (χ2v) is 9.98. The van der Waals surface area contributed by atoms with Gasteiger partial charge in [0.05, 0.1) is 24.9 Å². The molecule has 0 radical (unpaired) electrons.